The summed E-state index contributed by atoms with van der Waals surface area (Å²) in [6.45, 7) is 0. The largest absolute Gasteiger partial charge is 0.298 e. The smallest absolute Gasteiger partial charge is 0.268 e. The van der Waals surface area contributed by atoms with Gasteiger partial charge in [0.05, 0.1) is 10.6 Å². The second kappa shape index (κ2) is 5.94. The fourth-order valence-electron chi connectivity index (χ4n) is 2.02. The number of para-hydroxylation sites is 1. The number of halogens is 2. The molecule has 22 heavy (non-hydrogen) atoms. The molecule has 0 saturated carbocycles. The number of hydrogen-bond donors (Lipinski definition) is 0. The molecule has 0 aliphatic carbocycles. The molecule has 110 valence electrons. The van der Waals surface area contributed by atoms with Crippen molar-refractivity contribution in [3.05, 3.63) is 69.8 Å². The molecule has 3 nitrogen and oxygen atoms in total. The minimum absolute atomic E-state index is 0.0375. The lowest BCUT2D eigenvalue weighted by Crippen LogP contribution is -2.28. The zero-order valence-corrected chi connectivity index (χ0v) is 12.7. The van der Waals surface area contributed by atoms with E-state index in [0.717, 1.165) is 22.2 Å². The van der Waals surface area contributed by atoms with Crippen LogP contribution in [0.25, 0.3) is 6.08 Å². The molecule has 0 spiro atoms. The predicted molar refractivity (Wildman–Crippen MR) is 86.3 cm³/mol. The maximum Gasteiger partial charge on any atom is 0.298 e. The highest BCUT2D eigenvalue weighted by atomic mass is 35.5. The Labute approximate surface area is 135 Å². The Morgan fingerprint density at radius 3 is 2.41 bits per heavy atom. The maximum absolute atomic E-state index is 13.8. The zero-order chi connectivity index (χ0) is 15.7. The average molecular weight is 334 g/mol. The Hall–Kier alpha value is -2.11. The molecule has 6 heteroatoms. The van der Waals surface area contributed by atoms with Gasteiger partial charge in [0, 0.05) is 5.02 Å². The summed E-state index contributed by atoms with van der Waals surface area (Å²) in [6.07, 6.45) is 1.59. The Morgan fingerprint density at radius 1 is 1.05 bits per heavy atom. The summed E-state index contributed by atoms with van der Waals surface area (Å²) >= 11 is 6.59. The van der Waals surface area contributed by atoms with E-state index >= 15 is 0 Å². The van der Waals surface area contributed by atoms with Gasteiger partial charge < -0.3 is 0 Å². The summed E-state index contributed by atoms with van der Waals surface area (Å²) < 4.78 is 13.8. The van der Waals surface area contributed by atoms with E-state index in [1.807, 2.05) is 0 Å². The molecule has 0 radical (unpaired) electrons. The minimum Gasteiger partial charge on any atom is -0.268 e. The van der Waals surface area contributed by atoms with Crippen molar-refractivity contribution in [2.45, 2.75) is 0 Å². The van der Waals surface area contributed by atoms with Crippen molar-refractivity contribution in [1.29, 1.82) is 0 Å². The zero-order valence-electron chi connectivity index (χ0n) is 11.1. The molecule has 0 atom stereocenters. The lowest BCUT2D eigenvalue weighted by molar-refractivity contribution is -0.113. The van der Waals surface area contributed by atoms with Crippen molar-refractivity contribution in [2.24, 2.45) is 0 Å². The number of imide groups is 1. The molecule has 1 fully saturated rings. The van der Waals surface area contributed by atoms with Crippen LogP contribution < -0.4 is 4.90 Å². The Balaban J connectivity index is 1.95. The first-order chi connectivity index (χ1) is 10.6. The van der Waals surface area contributed by atoms with Gasteiger partial charge in [-0.25, -0.2) is 9.29 Å². The highest BCUT2D eigenvalue weighted by molar-refractivity contribution is 8.19. The summed E-state index contributed by atoms with van der Waals surface area (Å²) in [5, 5.41) is 0.0620. The molecule has 2 aromatic rings. The fourth-order valence-corrected chi connectivity index (χ4v) is 2.98. The number of hydrogen-bond acceptors (Lipinski definition) is 3. The topological polar surface area (TPSA) is 37.4 Å². The number of amides is 2. The molecule has 2 amide bonds. The number of anilines is 1. The van der Waals surface area contributed by atoms with Crippen molar-refractivity contribution in [3.63, 3.8) is 0 Å². The summed E-state index contributed by atoms with van der Waals surface area (Å²) in [7, 11) is 0. The first-order valence-corrected chi connectivity index (χ1v) is 7.54. The number of benzene rings is 2. The molecule has 1 aliphatic heterocycles. The number of thioether (sulfide) groups is 1. The van der Waals surface area contributed by atoms with Gasteiger partial charge in [-0.15, -0.1) is 0 Å². The molecular weight excluding hydrogens is 325 g/mol. The van der Waals surface area contributed by atoms with E-state index in [2.05, 4.69) is 0 Å². The van der Waals surface area contributed by atoms with Crippen molar-refractivity contribution in [2.75, 3.05) is 4.90 Å². The van der Waals surface area contributed by atoms with Crippen LogP contribution >= 0.6 is 23.4 Å². The molecule has 1 aliphatic rings. The van der Waals surface area contributed by atoms with Gasteiger partial charge in [-0.1, -0.05) is 35.9 Å². The quantitative estimate of drug-likeness (QED) is 0.746. The summed E-state index contributed by atoms with van der Waals surface area (Å²) in [5.74, 6) is -1.15. The summed E-state index contributed by atoms with van der Waals surface area (Å²) in [5.41, 5.74) is 0.702. The molecular formula is C16H9ClFNO2S. The van der Waals surface area contributed by atoms with Crippen molar-refractivity contribution in [1.82, 2.24) is 0 Å². The van der Waals surface area contributed by atoms with Gasteiger partial charge in [-0.2, -0.15) is 0 Å². The molecule has 0 aromatic heterocycles. The number of carbonyl (C=O) groups excluding carboxylic acids is 2. The lowest BCUT2D eigenvalue weighted by atomic mass is 10.2. The predicted octanol–water partition coefficient (Wildman–Crippen LogP) is 4.72. The van der Waals surface area contributed by atoms with E-state index in [-0.39, 0.29) is 10.6 Å². The van der Waals surface area contributed by atoms with Gasteiger partial charge in [-0.3, -0.25) is 9.59 Å². The molecule has 0 bridgehead atoms. The highest BCUT2D eigenvalue weighted by Crippen LogP contribution is 2.36. The second-order valence-electron chi connectivity index (χ2n) is 4.52. The first-order valence-electron chi connectivity index (χ1n) is 6.34. The van der Waals surface area contributed by atoms with E-state index < -0.39 is 17.0 Å². The molecule has 2 aromatic carbocycles. The molecule has 1 heterocycles. The van der Waals surface area contributed by atoms with Crippen LogP contribution in [0, 0.1) is 5.82 Å². The summed E-state index contributed by atoms with van der Waals surface area (Å²) in [4.78, 5) is 25.5. The van der Waals surface area contributed by atoms with Gasteiger partial charge in [-0.05, 0) is 47.7 Å². The van der Waals surface area contributed by atoms with E-state index in [1.54, 1.807) is 36.4 Å². The third kappa shape index (κ3) is 2.77. The van der Waals surface area contributed by atoms with E-state index in [1.165, 1.54) is 18.2 Å². The van der Waals surface area contributed by atoms with Crippen LogP contribution in [0.3, 0.4) is 0 Å². The van der Waals surface area contributed by atoms with Crippen molar-refractivity contribution >= 4 is 46.3 Å². The maximum atomic E-state index is 13.8. The van der Waals surface area contributed by atoms with Crippen LogP contribution in [-0.2, 0) is 4.79 Å². The van der Waals surface area contributed by atoms with Crippen molar-refractivity contribution < 1.29 is 14.0 Å². The second-order valence-corrected chi connectivity index (χ2v) is 5.95. The molecule has 3 rings (SSSR count). The fraction of sp³-hybridized carbons (Fsp3) is 0. The Kier molecular flexibility index (Phi) is 4.00. The molecule has 0 N–H and O–H groups in total. The van der Waals surface area contributed by atoms with Crippen LogP contribution in [0.1, 0.15) is 5.56 Å². The SMILES string of the molecule is O=C1S/C(=C\c2ccc(Cl)cc2)C(=O)N1c1ccccc1F. The van der Waals surface area contributed by atoms with Crippen LogP contribution in [0.15, 0.2) is 53.4 Å². The van der Waals surface area contributed by atoms with Gasteiger partial charge in [0.15, 0.2) is 0 Å². The van der Waals surface area contributed by atoms with Crippen LogP contribution in [0.5, 0.6) is 0 Å². The standard InChI is InChI=1S/C16H9ClFNO2S/c17-11-7-5-10(6-8-11)9-14-15(20)19(16(21)22-14)13-4-2-1-3-12(13)18/h1-9H/b14-9-. The first kappa shape index (κ1) is 14.8. The number of rotatable bonds is 2. The normalized spacial score (nSPS) is 16.6. The third-order valence-electron chi connectivity index (χ3n) is 3.05. The van der Waals surface area contributed by atoms with Gasteiger partial charge in [0.2, 0.25) is 0 Å². The van der Waals surface area contributed by atoms with Gasteiger partial charge >= 0.3 is 0 Å². The highest BCUT2D eigenvalue weighted by Gasteiger charge is 2.37. The van der Waals surface area contributed by atoms with E-state index in [0.29, 0.717) is 5.02 Å². The summed E-state index contributed by atoms with van der Waals surface area (Å²) in [6, 6.07) is 12.5. The van der Waals surface area contributed by atoms with E-state index in [4.69, 9.17) is 11.6 Å². The third-order valence-corrected chi connectivity index (χ3v) is 4.18. The average Bonchev–Trinajstić information content (AvgIpc) is 2.77. The minimum atomic E-state index is -0.613. The van der Waals surface area contributed by atoms with Crippen LogP contribution in [0.2, 0.25) is 5.02 Å². The van der Waals surface area contributed by atoms with Crippen molar-refractivity contribution in [3.8, 4) is 0 Å². The molecule has 1 saturated heterocycles. The lowest BCUT2D eigenvalue weighted by Gasteiger charge is -2.12. The Bertz CT molecular complexity index is 789. The Morgan fingerprint density at radius 2 is 1.73 bits per heavy atom. The number of carbonyl (C=O) groups is 2. The number of nitrogens with zero attached hydrogens (tertiary/aromatic N) is 1. The van der Waals surface area contributed by atoms with E-state index in [9.17, 15) is 14.0 Å². The van der Waals surface area contributed by atoms with Crippen LogP contribution in [0.4, 0.5) is 14.9 Å². The van der Waals surface area contributed by atoms with Gasteiger partial charge in [0.1, 0.15) is 5.82 Å². The van der Waals surface area contributed by atoms with Gasteiger partial charge in [0.25, 0.3) is 11.1 Å². The van der Waals surface area contributed by atoms with Crippen LogP contribution in [-0.4, -0.2) is 11.1 Å². The monoisotopic (exact) mass is 333 g/mol. The molecule has 0 unspecified atom stereocenters.